The maximum atomic E-state index is 5.98. The lowest BCUT2D eigenvalue weighted by atomic mass is 10.2. The van der Waals surface area contributed by atoms with Crippen LogP contribution < -0.4 is 5.48 Å². The molecule has 0 saturated carbocycles. The quantitative estimate of drug-likeness (QED) is 0.822. The Labute approximate surface area is 110 Å². The first-order chi connectivity index (χ1) is 8.27. The molecule has 2 aromatic carbocycles. The van der Waals surface area contributed by atoms with E-state index in [1.165, 1.54) is 0 Å². The van der Waals surface area contributed by atoms with Gasteiger partial charge in [-0.1, -0.05) is 59.6 Å². The maximum Gasteiger partial charge on any atom is 0.0996 e. The molecule has 0 heterocycles. The van der Waals surface area contributed by atoms with E-state index in [2.05, 4.69) is 5.48 Å². The topological polar surface area (TPSA) is 21.3 Å². The van der Waals surface area contributed by atoms with Crippen LogP contribution in [-0.4, -0.2) is 0 Å². The van der Waals surface area contributed by atoms with Crippen molar-refractivity contribution in [2.75, 3.05) is 5.48 Å². The summed E-state index contributed by atoms with van der Waals surface area (Å²) in [6.07, 6.45) is 0. The van der Waals surface area contributed by atoms with Gasteiger partial charge in [-0.25, -0.2) is 0 Å². The summed E-state index contributed by atoms with van der Waals surface area (Å²) in [5.74, 6) is 0. The first kappa shape index (κ1) is 12.2. The summed E-state index contributed by atoms with van der Waals surface area (Å²) in [6, 6.07) is 15.1. The van der Waals surface area contributed by atoms with Crippen LogP contribution in [0.1, 0.15) is 5.56 Å². The molecule has 0 amide bonds. The molecule has 0 bridgehead atoms. The fraction of sp³-hybridized carbons (Fsp3) is 0.0769. The minimum atomic E-state index is 0.447. The van der Waals surface area contributed by atoms with Crippen LogP contribution in [0.15, 0.2) is 48.5 Å². The highest BCUT2D eigenvalue weighted by Crippen LogP contribution is 2.29. The third kappa shape index (κ3) is 3.37. The third-order valence-electron chi connectivity index (χ3n) is 2.22. The van der Waals surface area contributed by atoms with E-state index >= 15 is 0 Å². The third-order valence-corrected chi connectivity index (χ3v) is 2.85. The molecule has 0 aliphatic heterocycles. The second-order valence-electron chi connectivity index (χ2n) is 3.47. The van der Waals surface area contributed by atoms with E-state index in [1.54, 1.807) is 18.2 Å². The van der Waals surface area contributed by atoms with E-state index in [9.17, 15) is 0 Å². The highest BCUT2D eigenvalue weighted by atomic mass is 35.5. The van der Waals surface area contributed by atoms with Gasteiger partial charge in [0.05, 0.1) is 22.3 Å². The Balaban J connectivity index is 1.95. The lowest BCUT2D eigenvalue weighted by Gasteiger charge is -2.10. The lowest BCUT2D eigenvalue weighted by Crippen LogP contribution is -2.02. The standard InChI is InChI=1S/C13H11Cl2NO/c14-11-7-4-8-12(15)13(11)16-17-9-10-5-2-1-3-6-10/h1-8,16H,9H2. The summed E-state index contributed by atoms with van der Waals surface area (Å²) < 4.78 is 0. The maximum absolute atomic E-state index is 5.98. The number of rotatable bonds is 4. The number of nitrogens with one attached hydrogen (secondary N) is 1. The molecule has 2 aromatic rings. The molecule has 0 spiro atoms. The van der Waals surface area contributed by atoms with Crippen LogP contribution in [0, 0.1) is 0 Å². The molecule has 2 nitrogen and oxygen atoms in total. The van der Waals surface area contributed by atoms with Gasteiger partial charge in [-0.15, -0.1) is 0 Å². The number of anilines is 1. The molecule has 1 N–H and O–H groups in total. The SMILES string of the molecule is Clc1cccc(Cl)c1NOCc1ccccc1. The molecule has 0 atom stereocenters. The van der Waals surface area contributed by atoms with Crippen molar-refractivity contribution in [3.05, 3.63) is 64.1 Å². The zero-order valence-electron chi connectivity index (χ0n) is 8.99. The summed E-state index contributed by atoms with van der Waals surface area (Å²) in [6.45, 7) is 0.447. The lowest BCUT2D eigenvalue weighted by molar-refractivity contribution is 0.180. The largest absolute Gasteiger partial charge is 0.271 e. The van der Waals surface area contributed by atoms with Crippen molar-refractivity contribution in [3.8, 4) is 0 Å². The Morgan fingerprint density at radius 1 is 0.882 bits per heavy atom. The summed E-state index contributed by atoms with van der Waals surface area (Å²) >= 11 is 12.0. The van der Waals surface area contributed by atoms with Crippen molar-refractivity contribution in [1.82, 2.24) is 0 Å². The molecule has 0 fully saturated rings. The predicted molar refractivity (Wildman–Crippen MR) is 71.3 cm³/mol. The second-order valence-corrected chi connectivity index (χ2v) is 4.29. The Bertz CT molecular complexity index is 468. The van der Waals surface area contributed by atoms with Gasteiger partial charge in [0.25, 0.3) is 0 Å². The van der Waals surface area contributed by atoms with E-state index in [-0.39, 0.29) is 0 Å². The average Bonchev–Trinajstić information content (AvgIpc) is 2.34. The smallest absolute Gasteiger partial charge is 0.0996 e. The molecule has 0 aliphatic rings. The minimum absolute atomic E-state index is 0.447. The van der Waals surface area contributed by atoms with Crippen LogP contribution in [0.2, 0.25) is 10.0 Å². The van der Waals surface area contributed by atoms with Gasteiger partial charge in [-0.2, -0.15) is 0 Å². The molecule has 4 heteroatoms. The molecule has 17 heavy (non-hydrogen) atoms. The molecule has 0 aromatic heterocycles. The summed E-state index contributed by atoms with van der Waals surface area (Å²) in [5, 5.41) is 1.07. The van der Waals surface area contributed by atoms with E-state index < -0.39 is 0 Å². The normalized spacial score (nSPS) is 10.2. The average molecular weight is 268 g/mol. The predicted octanol–water partition coefficient (Wildman–Crippen LogP) is 4.54. The Morgan fingerprint density at radius 3 is 2.18 bits per heavy atom. The molecular formula is C13H11Cl2NO. The van der Waals surface area contributed by atoms with Crippen molar-refractivity contribution in [3.63, 3.8) is 0 Å². The Hall–Kier alpha value is -1.22. The van der Waals surface area contributed by atoms with Crippen LogP contribution in [0.5, 0.6) is 0 Å². The molecule has 0 unspecified atom stereocenters. The van der Waals surface area contributed by atoms with E-state index in [1.807, 2.05) is 30.3 Å². The van der Waals surface area contributed by atoms with E-state index in [4.69, 9.17) is 28.0 Å². The second kappa shape index (κ2) is 5.92. The molecule has 0 saturated heterocycles. The van der Waals surface area contributed by atoms with Crippen LogP contribution >= 0.6 is 23.2 Å². The number of halogens is 2. The van der Waals surface area contributed by atoms with Gasteiger partial charge >= 0.3 is 0 Å². The number of para-hydroxylation sites is 1. The number of hydrogen-bond acceptors (Lipinski definition) is 2. The van der Waals surface area contributed by atoms with Crippen molar-refractivity contribution >= 4 is 28.9 Å². The highest BCUT2D eigenvalue weighted by Gasteiger charge is 2.04. The molecule has 0 aliphatic carbocycles. The van der Waals surface area contributed by atoms with Gasteiger partial charge in [0.15, 0.2) is 0 Å². The fourth-order valence-corrected chi connectivity index (χ4v) is 1.84. The molecular weight excluding hydrogens is 257 g/mol. The van der Waals surface area contributed by atoms with Crippen molar-refractivity contribution in [1.29, 1.82) is 0 Å². The van der Waals surface area contributed by atoms with Crippen molar-refractivity contribution in [2.24, 2.45) is 0 Å². The molecule has 0 radical (unpaired) electrons. The van der Waals surface area contributed by atoms with Gasteiger partial charge in [-0.3, -0.25) is 10.3 Å². The molecule has 2 rings (SSSR count). The zero-order valence-corrected chi connectivity index (χ0v) is 10.5. The van der Waals surface area contributed by atoms with E-state index in [0.29, 0.717) is 22.3 Å². The molecule has 88 valence electrons. The number of hydrogen-bond donors (Lipinski definition) is 1. The monoisotopic (exact) mass is 267 g/mol. The van der Waals surface area contributed by atoms with Crippen molar-refractivity contribution in [2.45, 2.75) is 6.61 Å². The van der Waals surface area contributed by atoms with Gasteiger partial charge in [-0.05, 0) is 17.7 Å². The van der Waals surface area contributed by atoms with Crippen LogP contribution in [0.25, 0.3) is 0 Å². The first-order valence-electron chi connectivity index (χ1n) is 5.13. The zero-order chi connectivity index (χ0) is 12.1. The van der Waals surface area contributed by atoms with Gasteiger partial charge < -0.3 is 0 Å². The Kier molecular flexibility index (Phi) is 4.26. The summed E-state index contributed by atoms with van der Waals surface area (Å²) in [7, 11) is 0. The van der Waals surface area contributed by atoms with Gasteiger partial charge in [0, 0.05) is 0 Å². The first-order valence-corrected chi connectivity index (χ1v) is 5.88. The van der Waals surface area contributed by atoms with Crippen LogP contribution in [0.4, 0.5) is 5.69 Å². The van der Waals surface area contributed by atoms with Gasteiger partial charge in [0.1, 0.15) is 0 Å². The van der Waals surface area contributed by atoms with Crippen LogP contribution in [-0.2, 0) is 11.4 Å². The van der Waals surface area contributed by atoms with Gasteiger partial charge in [0.2, 0.25) is 0 Å². The van der Waals surface area contributed by atoms with Crippen molar-refractivity contribution < 1.29 is 4.84 Å². The fourth-order valence-electron chi connectivity index (χ4n) is 1.36. The summed E-state index contributed by atoms with van der Waals surface area (Å²) in [5.41, 5.74) is 4.43. The van der Waals surface area contributed by atoms with Crippen LogP contribution in [0.3, 0.4) is 0 Å². The number of benzene rings is 2. The van der Waals surface area contributed by atoms with E-state index in [0.717, 1.165) is 5.56 Å². The highest BCUT2D eigenvalue weighted by molar-refractivity contribution is 6.38. The summed E-state index contributed by atoms with van der Waals surface area (Å²) in [4.78, 5) is 5.35. The Morgan fingerprint density at radius 2 is 1.53 bits per heavy atom. The minimum Gasteiger partial charge on any atom is -0.271 e.